The number of nitrogens with one attached hydrogen (secondary N) is 1. The van der Waals surface area contributed by atoms with Gasteiger partial charge in [-0.1, -0.05) is 0 Å². The Hall–Kier alpha value is -0.320. The largest absolute Gasteiger partial charge is 0.394 e. The highest BCUT2D eigenvalue weighted by Crippen LogP contribution is 1.96. The molecule has 0 fully saturated rings. The fourth-order valence-corrected chi connectivity index (χ4v) is 1.09. The lowest BCUT2D eigenvalue weighted by Crippen LogP contribution is -2.27. The van der Waals surface area contributed by atoms with Crippen LogP contribution in [0.1, 0.15) is 19.3 Å². The first-order valence-electron chi connectivity index (χ1n) is 4.82. The minimum Gasteiger partial charge on any atom is -0.394 e. The second kappa shape index (κ2) is 10.8. The minimum atomic E-state index is 0.0175. The van der Waals surface area contributed by atoms with E-state index < -0.39 is 0 Å². The van der Waals surface area contributed by atoms with Gasteiger partial charge < -0.3 is 15.2 Å². The fourth-order valence-electron chi connectivity index (χ4n) is 0.898. The van der Waals surface area contributed by atoms with Gasteiger partial charge in [-0.15, -0.1) is 11.6 Å². The summed E-state index contributed by atoms with van der Waals surface area (Å²) in [5, 5.41) is 11.1. The molecule has 2 N–H and O–H groups in total. The van der Waals surface area contributed by atoms with Crippen molar-refractivity contribution in [3.63, 3.8) is 0 Å². The number of carbonyl (C=O) groups excluding carboxylic acids is 1. The smallest absolute Gasteiger partial charge is 0.220 e. The summed E-state index contributed by atoms with van der Waals surface area (Å²) >= 11 is 5.47. The van der Waals surface area contributed by atoms with Crippen LogP contribution in [0, 0.1) is 0 Å². The molecule has 84 valence electrons. The maximum atomic E-state index is 11.1. The molecule has 0 saturated carbocycles. The Bertz CT molecular complexity index is 144. The molecule has 1 amide bonds. The lowest BCUT2D eigenvalue weighted by Gasteiger charge is -2.04. The predicted octanol–water partition coefficient (Wildman–Crippen LogP) is 0.521. The second-order valence-corrected chi connectivity index (χ2v) is 3.21. The Morgan fingerprint density at radius 1 is 1.36 bits per heavy atom. The Morgan fingerprint density at radius 3 is 2.79 bits per heavy atom. The first-order chi connectivity index (χ1) is 6.81. The summed E-state index contributed by atoms with van der Waals surface area (Å²) in [5.41, 5.74) is 0. The molecule has 0 aliphatic heterocycles. The average molecular weight is 224 g/mol. The summed E-state index contributed by atoms with van der Waals surface area (Å²) in [7, 11) is 0. The van der Waals surface area contributed by atoms with Crippen LogP contribution in [0.4, 0.5) is 0 Å². The Kier molecular flexibility index (Phi) is 10.5. The molecule has 0 aromatic heterocycles. The standard InChI is InChI=1S/C9H18ClNO3/c10-4-2-1-3-9(13)11-5-7-14-8-6-12/h12H,1-8H2,(H,11,13). The zero-order chi connectivity index (χ0) is 10.6. The molecule has 4 nitrogen and oxygen atoms in total. The zero-order valence-corrected chi connectivity index (χ0v) is 9.05. The number of aliphatic hydroxyl groups is 1. The fraction of sp³-hybridized carbons (Fsp3) is 0.889. The van der Waals surface area contributed by atoms with Crippen LogP contribution < -0.4 is 5.32 Å². The molecule has 0 unspecified atom stereocenters. The van der Waals surface area contributed by atoms with Crippen LogP contribution in [0.2, 0.25) is 0 Å². The molecule has 14 heavy (non-hydrogen) atoms. The maximum absolute atomic E-state index is 11.1. The molecule has 5 heteroatoms. The van der Waals surface area contributed by atoms with Crippen LogP contribution in [-0.2, 0) is 9.53 Å². The van der Waals surface area contributed by atoms with E-state index in [9.17, 15) is 4.79 Å². The van der Waals surface area contributed by atoms with Gasteiger partial charge in [-0.2, -0.15) is 0 Å². The maximum Gasteiger partial charge on any atom is 0.220 e. The van der Waals surface area contributed by atoms with Gasteiger partial charge in [0.1, 0.15) is 0 Å². The van der Waals surface area contributed by atoms with E-state index in [1.807, 2.05) is 0 Å². The van der Waals surface area contributed by atoms with Crippen molar-refractivity contribution in [3.05, 3.63) is 0 Å². The molecule has 0 heterocycles. The van der Waals surface area contributed by atoms with Crippen molar-refractivity contribution >= 4 is 17.5 Å². The number of rotatable bonds is 9. The van der Waals surface area contributed by atoms with E-state index in [0.717, 1.165) is 12.8 Å². The van der Waals surface area contributed by atoms with Crippen molar-refractivity contribution in [2.75, 3.05) is 32.2 Å². The highest BCUT2D eigenvalue weighted by molar-refractivity contribution is 6.17. The number of unbranched alkanes of at least 4 members (excludes halogenated alkanes) is 1. The third-order valence-electron chi connectivity index (χ3n) is 1.59. The van der Waals surface area contributed by atoms with E-state index in [2.05, 4.69) is 5.32 Å². The van der Waals surface area contributed by atoms with E-state index in [1.165, 1.54) is 0 Å². The normalized spacial score (nSPS) is 10.1. The SMILES string of the molecule is O=C(CCCCCl)NCCOCCO. The molecule has 0 saturated heterocycles. The topological polar surface area (TPSA) is 58.6 Å². The molecular formula is C9H18ClNO3. The highest BCUT2D eigenvalue weighted by atomic mass is 35.5. The van der Waals surface area contributed by atoms with Gasteiger partial charge in [-0.25, -0.2) is 0 Å². The molecule has 0 bridgehead atoms. The van der Waals surface area contributed by atoms with Crippen molar-refractivity contribution in [2.24, 2.45) is 0 Å². The van der Waals surface area contributed by atoms with E-state index in [0.29, 0.717) is 32.1 Å². The summed E-state index contributed by atoms with van der Waals surface area (Å²) in [4.78, 5) is 11.1. The average Bonchev–Trinajstić information content (AvgIpc) is 2.18. The molecular weight excluding hydrogens is 206 g/mol. The van der Waals surface area contributed by atoms with Crippen LogP contribution in [0.15, 0.2) is 0 Å². The number of halogens is 1. The lowest BCUT2D eigenvalue weighted by atomic mass is 10.2. The van der Waals surface area contributed by atoms with Crippen molar-refractivity contribution in [1.82, 2.24) is 5.32 Å². The quantitative estimate of drug-likeness (QED) is 0.443. The minimum absolute atomic E-state index is 0.0175. The zero-order valence-electron chi connectivity index (χ0n) is 8.30. The molecule has 0 aromatic rings. The van der Waals surface area contributed by atoms with Gasteiger partial charge in [0.25, 0.3) is 0 Å². The Balaban J connectivity index is 3.10. The van der Waals surface area contributed by atoms with Gasteiger partial charge in [0.15, 0.2) is 0 Å². The number of hydrogen-bond donors (Lipinski definition) is 2. The third-order valence-corrected chi connectivity index (χ3v) is 1.86. The summed E-state index contributed by atoms with van der Waals surface area (Å²) < 4.78 is 4.97. The highest BCUT2D eigenvalue weighted by Gasteiger charge is 1.99. The van der Waals surface area contributed by atoms with Gasteiger partial charge in [-0.3, -0.25) is 4.79 Å². The van der Waals surface area contributed by atoms with Crippen LogP contribution in [-0.4, -0.2) is 43.3 Å². The first-order valence-corrected chi connectivity index (χ1v) is 5.36. The van der Waals surface area contributed by atoms with Gasteiger partial charge >= 0.3 is 0 Å². The summed E-state index contributed by atoms with van der Waals surface area (Å²) in [6, 6.07) is 0. The molecule has 0 aliphatic carbocycles. The molecule has 0 atom stereocenters. The van der Waals surface area contributed by atoms with E-state index in [1.54, 1.807) is 0 Å². The van der Waals surface area contributed by atoms with Crippen molar-refractivity contribution < 1.29 is 14.6 Å². The number of ether oxygens (including phenoxy) is 1. The second-order valence-electron chi connectivity index (χ2n) is 2.83. The first kappa shape index (κ1) is 13.7. The number of hydrogen-bond acceptors (Lipinski definition) is 3. The molecule has 0 radical (unpaired) electrons. The monoisotopic (exact) mass is 223 g/mol. The number of alkyl halides is 1. The van der Waals surface area contributed by atoms with Crippen LogP contribution in [0.3, 0.4) is 0 Å². The summed E-state index contributed by atoms with van der Waals surface area (Å²) in [6.07, 6.45) is 2.22. The summed E-state index contributed by atoms with van der Waals surface area (Å²) in [5.74, 6) is 0.634. The van der Waals surface area contributed by atoms with Crippen LogP contribution >= 0.6 is 11.6 Å². The lowest BCUT2D eigenvalue weighted by molar-refractivity contribution is -0.121. The van der Waals surface area contributed by atoms with Crippen molar-refractivity contribution in [1.29, 1.82) is 0 Å². The molecule has 0 aromatic carbocycles. The molecule has 0 spiro atoms. The number of amides is 1. The van der Waals surface area contributed by atoms with E-state index >= 15 is 0 Å². The third kappa shape index (κ3) is 9.77. The molecule has 0 aliphatic rings. The number of carbonyl (C=O) groups is 1. The van der Waals surface area contributed by atoms with E-state index in [-0.39, 0.29) is 12.5 Å². The van der Waals surface area contributed by atoms with Crippen LogP contribution in [0.5, 0.6) is 0 Å². The van der Waals surface area contributed by atoms with Gasteiger partial charge in [0, 0.05) is 18.8 Å². The van der Waals surface area contributed by atoms with E-state index in [4.69, 9.17) is 21.4 Å². The van der Waals surface area contributed by atoms with Gasteiger partial charge in [0.2, 0.25) is 5.91 Å². The Labute approximate surface area is 89.6 Å². The summed E-state index contributed by atoms with van der Waals surface area (Å²) in [6.45, 7) is 1.29. The van der Waals surface area contributed by atoms with Crippen molar-refractivity contribution in [3.8, 4) is 0 Å². The van der Waals surface area contributed by atoms with Gasteiger partial charge in [-0.05, 0) is 12.8 Å². The van der Waals surface area contributed by atoms with Gasteiger partial charge in [0.05, 0.1) is 19.8 Å². The predicted molar refractivity (Wildman–Crippen MR) is 55.5 cm³/mol. The Morgan fingerprint density at radius 2 is 2.14 bits per heavy atom. The molecule has 0 rings (SSSR count). The number of aliphatic hydroxyl groups excluding tert-OH is 1. The van der Waals surface area contributed by atoms with Crippen LogP contribution in [0.25, 0.3) is 0 Å². The van der Waals surface area contributed by atoms with Crippen molar-refractivity contribution in [2.45, 2.75) is 19.3 Å².